The normalized spacial score (nSPS) is 10.9. The van der Waals surface area contributed by atoms with Gasteiger partial charge in [-0.1, -0.05) is 57.1 Å². The summed E-state index contributed by atoms with van der Waals surface area (Å²) in [6, 6.07) is 8.41. The van der Waals surface area contributed by atoms with Gasteiger partial charge in [0.15, 0.2) is 0 Å². The molecule has 0 bridgehead atoms. The van der Waals surface area contributed by atoms with E-state index in [1.807, 2.05) is 17.8 Å². The number of thioether (sulfide) groups is 2. The van der Waals surface area contributed by atoms with Crippen molar-refractivity contribution < 1.29 is 19.8 Å². The largest absolute Gasteiger partial charge is 0.481 e. The average molecular weight is 427 g/mol. The molecule has 0 fully saturated rings. The Bertz CT molecular complexity index is 563. The lowest BCUT2D eigenvalue weighted by atomic mass is 10.1. The zero-order chi connectivity index (χ0) is 20.5. The lowest BCUT2D eigenvalue weighted by molar-refractivity contribution is -0.138. The van der Waals surface area contributed by atoms with E-state index < -0.39 is 11.9 Å². The number of carboxylic acids is 2. The summed E-state index contributed by atoms with van der Waals surface area (Å²) >= 11 is 3.66. The van der Waals surface area contributed by atoms with Gasteiger partial charge in [0.05, 0.1) is 0 Å². The highest BCUT2D eigenvalue weighted by Gasteiger charge is 2.04. The molecule has 0 aliphatic carbocycles. The molecule has 0 atom stereocenters. The minimum absolute atomic E-state index is 0.241. The SMILES string of the molecule is O=C(O)CCCCCCCCCCCSc1ccccc1SCCCC(=O)O. The number of unbranched alkanes of at least 4 members (excludes halogenated alkanes) is 8. The molecule has 1 aromatic rings. The maximum Gasteiger partial charge on any atom is 0.303 e. The number of aliphatic carboxylic acids is 2. The minimum atomic E-state index is -0.721. The third-order valence-electron chi connectivity index (χ3n) is 4.43. The molecule has 0 aliphatic heterocycles. The summed E-state index contributed by atoms with van der Waals surface area (Å²) in [6.07, 6.45) is 11.8. The first kappa shape index (κ1) is 24.9. The lowest BCUT2D eigenvalue weighted by Gasteiger charge is -2.08. The molecule has 0 amide bonds. The smallest absolute Gasteiger partial charge is 0.303 e. The highest BCUT2D eigenvalue weighted by molar-refractivity contribution is 8.02. The van der Waals surface area contributed by atoms with Crippen LogP contribution in [0.25, 0.3) is 0 Å². The first-order valence-electron chi connectivity index (χ1n) is 10.4. The molecule has 4 nitrogen and oxygen atoms in total. The highest BCUT2D eigenvalue weighted by Crippen LogP contribution is 2.32. The number of hydrogen-bond donors (Lipinski definition) is 2. The zero-order valence-corrected chi connectivity index (χ0v) is 18.4. The molecule has 6 heteroatoms. The van der Waals surface area contributed by atoms with Gasteiger partial charge in [0.25, 0.3) is 0 Å². The summed E-state index contributed by atoms with van der Waals surface area (Å²) in [5.74, 6) is 0.570. The molecule has 0 radical (unpaired) electrons. The molecule has 0 heterocycles. The van der Waals surface area contributed by atoms with E-state index in [9.17, 15) is 9.59 Å². The second kappa shape index (κ2) is 16.8. The van der Waals surface area contributed by atoms with Crippen LogP contribution in [0.5, 0.6) is 0 Å². The topological polar surface area (TPSA) is 74.6 Å². The first-order valence-corrected chi connectivity index (χ1v) is 12.3. The van der Waals surface area contributed by atoms with Crippen LogP contribution < -0.4 is 0 Å². The Balaban J connectivity index is 2.02. The van der Waals surface area contributed by atoms with Crippen molar-refractivity contribution in [3.8, 4) is 0 Å². The maximum atomic E-state index is 10.6. The standard InChI is InChI=1S/C22H34O4S2/c23-21(24)15-8-6-4-2-1-3-5-7-11-17-27-19-13-9-10-14-20(19)28-18-12-16-22(25)26/h9-10,13-14H,1-8,11-12,15-18H2,(H,23,24)(H,25,26). The molecule has 158 valence electrons. The maximum absolute atomic E-state index is 10.6. The predicted molar refractivity (Wildman–Crippen MR) is 119 cm³/mol. The molecule has 2 N–H and O–H groups in total. The van der Waals surface area contributed by atoms with Crippen molar-refractivity contribution in [2.24, 2.45) is 0 Å². The van der Waals surface area contributed by atoms with Crippen molar-refractivity contribution in [3.63, 3.8) is 0 Å². The van der Waals surface area contributed by atoms with E-state index in [0.717, 1.165) is 30.8 Å². The molecule has 0 saturated heterocycles. The molecular formula is C22H34O4S2. The average Bonchev–Trinajstić information content (AvgIpc) is 2.66. The zero-order valence-electron chi connectivity index (χ0n) is 16.7. The summed E-state index contributed by atoms with van der Waals surface area (Å²) in [5.41, 5.74) is 0. The van der Waals surface area contributed by atoms with Gasteiger partial charge in [-0.05, 0) is 42.9 Å². The van der Waals surface area contributed by atoms with Crippen LogP contribution in [0.3, 0.4) is 0 Å². The summed E-state index contributed by atoms with van der Waals surface area (Å²) < 4.78 is 0. The molecular weight excluding hydrogens is 392 g/mol. The van der Waals surface area contributed by atoms with Crippen LogP contribution >= 0.6 is 23.5 Å². The second-order valence-corrected chi connectivity index (χ2v) is 9.24. The van der Waals surface area contributed by atoms with Crippen LogP contribution in [0.1, 0.15) is 77.0 Å². The van der Waals surface area contributed by atoms with Crippen molar-refractivity contribution in [1.82, 2.24) is 0 Å². The van der Waals surface area contributed by atoms with Gasteiger partial charge in [0, 0.05) is 22.6 Å². The Morgan fingerprint density at radius 1 is 0.607 bits per heavy atom. The van der Waals surface area contributed by atoms with Gasteiger partial charge in [-0.15, -0.1) is 23.5 Å². The minimum Gasteiger partial charge on any atom is -0.481 e. The van der Waals surface area contributed by atoms with E-state index in [1.165, 1.54) is 48.3 Å². The van der Waals surface area contributed by atoms with Gasteiger partial charge in [-0.25, -0.2) is 0 Å². The molecule has 0 aliphatic rings. The Morgan fingerprint density at radius 2 is 1.00 bits per heavy atom. The Kier molecular flexibility index (Phi) is 14.9. The van der Waals surface area contributed by atoms with Gasteiger partial charge >= 0.3 is 11.9 Å². The monoisotopic (exact) mass is 426 g/mol. The van der Waals surface area contributed by atoms with Gasteiger partial charge < -0.3 is 10.2 Å². The van der Waals surface area contributed by atoms with Crippen molar-refractivity contribution in [3.05, 3.63) is 24.3 Å². The number of benzene rings is 1. The van der Waals surface area contributed by atoms with E-state index in [4.69, 9.17) is 10.2 Å². The number of hydrogen-bond acceptors (Lipinski definition) is 4. The molecule has 0 spiro atoms. The highest BCUT2D eigenvalue weighted by atomic mass is 32.2. The quantitative estimate of drug-likeness (QED) is 0.200. The Labute approximate surface area is 177 Å². The van der Waals surface area contributed by atoms with Crippen LogP contribution in [0.4, 0.5) is 0 Å². The van der Waals surface area contributed by atoms with Crippen molar-refractivity contribution in [1.29, 1.82) is 0 Å². The first-order chi connectivity index (χ1) is 13.6. The summed E-state index contributed by atoms with van der Waals surface area (Å²) in [4.78, 5) is 23.6. The fourth-order valence-corrected chi connectivity index (χ4v) is 5.09. The van der Waals surface area contributed by atoms with Crippen LogP contribution in [0.15, 0.2) is 34.1 Å². The number of carbonyl (C=O) groups is 2. The fraction of sp³-hybridized carbons (Fsp3) is 0.636. The van der Waals surface area contributed by atoms with Gasteiger partial charge in [-0.2, -0.15) is 0 Å². The molecule has 0 aromatic heterocycles. The summed E-state index contributed by atoms with van der Waals surface area (Å²) in [6.45, 7) is 0. The Hall–Kier alpha value is -1.14. The number of carboxylic acid groups (broad SMARTS) is 2. The molecule has 0 unspecified atom stereocenters. The number of rotatable bonds is 18. The van der Waals surface area contributed by atoms with Crippen LogP contribution in [-0.4, -0.2) is 33.7 Å². The lowest BCUT2D eigenvalue weighted by Crippen LogP contribution is -1.95. The summed E-state index contributed by atoms with van der Waals surface area (Å²) in [7, 11) is 0. The van der Waals surface area contributed by atoms with Gasteiger partial charge in [-0.3, -0.25) is 9.59 Å². The predicted octanol–water partition coefficient (Wildman–Crippen LogP) is 6.72. The third-order valence-corrected chi connectivity index (χ3v) is 6.88. The van der Waals surface area contributed by atoms with E-state index in [-0.39, 0.29) is 6.42 Å². The van der Waals surface area contributed by atoms with Crippen LogP contribution in [0, 0.1) is 0 Å². The van der Waals surface area contributed by atoms with Crippen LogP contribution in [0.2, 0.25) is 0 Å². The second-order valence-electron chi connectivity index (χ2n) is 6.97. The van der Waals surface area contributed by atoms with E-state index in [1.54, 1.807) is 11.8 Å². The van der Waals surface area contributed by atoms with Crippen molar-refractivity contribution in [2.45, 2.75) is 86.8 Å². The molecule has 1 aromatic carbocycles. The third kappa shape index (κ3) is 13.9. The fourth-order valence-electron chi connectivity index (χ4n) is 2.89. The van der Waals surface area contributed by atoms with Gasteiger partial charge in [0.2, 0.25) is 0 Å². The molecule has 28 heavy (non-hydrogen) atoms. The van der Waals surface area contributed by atoms with Gasteiger partial charge in [0.1, 0.15) is 0 Å². The Morgan fingerprint density at radius 3 is 1.50 bits per heavy atom. The van der Waals surface area contributed by atoms with E-state index >= 15 is 0 Å². The van der Waals surface area contributed by atoms with Crippen molar-refractivity contribution >= 4 is 35.5 Å². The van der Waals surface area contributed by atoms with Crippen LogP contribution in [-0.2, 0) is 9.59 Å². The molecule has 1 rings (SSSR count). The van der Waals surface area contributed by atoms with E-state index in [2.05, 4.69) is 18.2 Å². The van der Waals surface area contributed by atoms with E-state index in [0.29, 0.717) is 12.8 Å². The molecule has 0 saturated carbocycles. The summed E-state index contributed by atoms with van der Waals surface area (Å²) in [5, 5.41) is 17.3. The van der Waals surface area contributed by atoms with Crippen molar-refractivity contribution in [2.75, 3.05) is 11.5 Å².